The van der Waals surface area contributed by atoms with Crippen LogP contribution in [0.4, 0.5) is 5.69 Å². The van der Waals surface area contributed by atoms with Crippen LogP contribution in [0.5, 0.6) is 5.75 Å². The summed E-state index contributed by atoms with van der Waals surface area (Å²) < 4.78 is 36.7. The molecule has 0 radical (unpaired) electrons. The molecule has 0 aliphatic carbocycles. The van der Waals surface area contributed by atoms with Gasteiger partial charge in [0.05, 0.1) is 22.2 Å². The van der Waals surface area contributed by atoms with Crippen molar-refractivity contribution in [1.29, 1.82) is 5.41 Å². The van der Waals surface area contributed by atoms with Gasteiger partial charge in [-0.05, 0) is 42.5 Å². The van der Waals surface area contributed by atoms with Gasteiger partial charge >= 0.3 is 0 Å². The molecular formula is C25H22N6O3S. The van der Waals surface area contributed by atoms with E-state index < -0.39 is 10.0 Å². The minimum absolute atomic E-state index is 0.0348. The van der Waals surface area contributed by atoms with Crippen molar-refractivity contribution >= 4 is 43.5 Å². The highest BCUT2D eigenvalue weighted by atomic mass is 32.2. The van der Waals surface area contributed by atoms with E-state index in [0.29, 0.717) is 33.9 Å². The number of benzene rings is 3. The van der Waals surface area contributed by atoms with E-state index in [1.807, 2.05) is 23.7 Å². The number of para-hydroxylation sites is 1. The van der Waals surface area contributed by atoms with Gasteiger partial charge in [-0.15, -0.1) is 0 Å². The number of ether oxygens (including phenoxy) is 1. The Morgan fingerprint density at radius 3 is 2.71 bits per heavy atom. The number of hydrogen-bond acceptors (Lipinski definition) is 6. The Labute approximate surface area is 201 Å². The largest absolute Gasteiger partial charge is 0.486 e. The van der Waals surface area contributed by atoms with Crippen LogP contribution in [0.25, 0.3) is 21.9 Å². The molecule has 0 amide bonds. The van der Waals surface area contributed by atoms with Crippen LogP contribution in [-0.2, 0) is 23.7 Å². The predicted molar refractivity (Wildman–Crippen MR) is 135 cm³/mol. The minimum Gasteiger partial charge on any atom is -0.486 e. The fourth-order valence-electron chi connectivity index (χ4n) is 3.85. The molecule has 0 unspecified atom stereocenters. The van der Waals surface area contributed by atoms with Gasteiger partial charge in [-0.3, -0.25) is 15.1 Å². The lowest BCUT2D eigenvalue weighted by Gasteiger charge is -2.10. The maximum Gasteiger partial charge on any atom is 0.264 e. The van der Waals surface area contributed by atoms with Crippen LogP contribution in [0, 0.1) is 5.41 Å². The molecule has 0 bridgehead atoms. The van der Waals surface area contributed by atoms with Crippen molar-refractivity contribution in [3.63, 3.8) is 0 Å². The maximum atomic E-state index is 13.1. The lowest BCUT2D eigenvalue weighted by molar-refractivity contribution is 0.292. The summed E-state index contributed by atoms with van der Waals surface area (Å²) in [7, 11) is -2.00. The summed E-state index contributed by atoms with van der Waals surface area (Å²) in [6.45, 7) is 0.190. The van der Waals surface area contributed by atoms with Gasteiger partial charge in [0.15, 0.2) is 0 Å². The first kappa shape index (κ1) is 22.4. The number of aromatic nitrogens is 3. The number of aryl methyl sites for hydroxylation is 1. The number of rotatable bonds is 7. The highest BCUT2D eigenvalue weighted by molar-refractivity contribution is 7.93. The van der Waals surface area contributed by atoms with Gasteiger partial charge in [0.25, 0.3) is 10.0 Å². The van der Waals surface area contributed by atoms with Gasteiger partial charge in [-0.1, -0.05) is 30.3 Å². The topological polar surface area (TPSA) is 136 Å². The Bertz CT molecular complexity index is 1690. The summed E-state index contributed by atoms with van der Waals surface area (Å²) in [5, 5.41) is 8.31. The zero-order chi connectivity index (χ0) is 24.6. The standard InChI is InChI=1S/C25H22N6O3S/c1-31-21-11-10-18(30-35(32,33)22-9-3-5-16-7-4-12-28-24(16)22)14-20(21)29-23(31)15-34-19-8-2-6-17(13-19)25(26)27/h2-14,30H,15H2,1H3,(H3,26,27). The van der Waals surface area contributed by atoms with Gasteiger partial charge in [-0.2, -0.15) is 0 Å². The van der Waals surface area contributed by atoms with Crippen LogP contribution in [0.3, 0.4) is 0 Å². The number of pyridine rings is 1. The van der Waals surface area contributed by atoms with E-state index in [2.05, 4.69) is 14.7 Å². The molecule has 2 aromatic heterocycles. The highest BCUT2D eigenvalue weighted by Crippen LogP contribution is 2.26. The van der Waals surface area contributed by atoms with Crippen LogP contribution < -0.4 is 15.2 Å². The molecule has 9 nitrogen and oxygen atoms in total. The first-order valence-electron chi connectivity index (χ1n) is 10.7. The maximum absolute atomic E-state index is 13.1. The fourth-order valence-corrected chi connectivity index (χ4v) is 5.08. The molecule has 0 aliphatic heterocycles. The Morgan fingerprint density at radius 1 is 1.09 bits per heavy atom. The molecule has 0 aliphatic rings. The van der Waals surface area contributed by atoms with Crippen LogP contribution in [0.15, 0.2) is 83.9 Å². The average Bonchev–Trinajstić information content (AvgIpc) is 3.16. The number of amidine groups is 1. The second-order valence-electron chi connectivity index (χ2n) is 7.96. The fraction of sp³-hybridized carbons (Fsp3) is 0.0800. The van der Waals surface area contributed by atoms with Gasteiger partial charge in [0, 0.05) is 24.2 Å². The molecule has 0 saturated heterocycles. The van der Waals surface area contributed by atoms with E-state index in [9.17, 15) is 8.42 Å². The van der Waals surface area contributed by atoms with Crippen molar-refractivity contribution < 1.29 is 13.2 Å². The molecule has 5 aromatic rings. The number of sulfonamides is 1. The third-order valence-corrected chi connectivity index (χ3v) is 7.04. The van der Waals surface area contributed by atoms with Crippen molar-refractivity contribution in [3.8, 4) is 5.75 Å². The van der Waals surface area contributed by atoms with Crippen LogP contribution in [-0.4, -0.2) is 28.8 Å². The minimum atomic E-state index is -3.87. The summed E-state index contributed by atoms with van der Waals surface area (Å²) in [4.78, 5) is 8.98. The van der Waals surface area contributed by atoms with Gasteiger partial charge in [0.2, 0.25) is 0 Å². The third-order valence-electron chi connectivity index (χ3n) is 5.62. The number of nitrogen functional groups attached to an aromatic ring is 1. The van der Waals surface area contributed by atoms with Gasteiger partial charge in [-0.25, -0.2) is 13.4 Å². The Hall–Kier alpha value is -4.44. The number of anilines is 1. The number of hydrogen-bond donors (Lipinski definition) is 3. The second-order valence-corrected chi connectivity index (χ2v) is 9.61. The third kappa shape index (κ3) is 4.38. The molecule has 0 fully saturated rings. The van der Waals surface area contributed by atoms with E-state index in [-0.39, 0.29) is 17.3 Å². The van der Waals surface area contributed by atoms with Gasteiger partial charge < -0.3 is 15.0 Å². The Balaban J connectivity index is 1.40. The first-order chi connectivity index (χ1) is 16.8. The molecule has 4 N–H and O–H groups in total. The molecule has 10 heteroatoms. The summed E-state index contributed by atoms with van der Waals surface area (Å²) in [5.41, 5.74) is 8.38. The number of fused-ring (bicyclic) bond motifs is 2. The van der Waals surface area contributed by atoms with E-state index >= 15 is 0 Å². The zero-order valence-electron chi connectivity index (χ0n) is 18.8. The highest BCUT2D eigenvalue weighted by Gasteiger charge is 2.19. The molecule has 0 spiro atoms. The molecular weight excluding hydrogens is 464 g/mol. The summed E-state index contributed by atoms with van der Waals surface area (Å²) in [6.07, 6.45) is 1.57. The zero-order valence-corrected chi connectivity index (χ0v) is 19.6. The van der Waals surface area contributed by atoms with E-state index in [0.717, 1.165) is 10.9 Å². The lowest BCUT2D eigenvalue weighted by atomic mass is 10.2. The van der Waals surface area contributed by atoms with E-state index in [1.54, 1.807) is 60.8 Å². The van der Waals surface area contributed by atoms with E-state index in [4.69, 9.17) is 15.9 Å². The van der Waals surface area contributed by atoms with Crippen LogP contribution in [0.1, 0.15) is 11.4 Å². The SMILES string of the molecule is Cn1c(COc2cccc(C(=N)N)c2)nc2cc(NS(=O)(=O)c3cccc4cccnc34)ccc21. The Kier molecular flexibility index (Phi) is 5.58. The lowest BCUT2D eigenvalue weighted by Crippen LogP contribution is -2.13. The molecule has 3 aromatic carbocycles. The van der Waals surface area contributed by atoms with Crippen molar-refractivity contribution in [2.45, 2.75) is 11.5 Å². The summed E-state index contributed by atoms with van der Waals surface area (Å²) in [5.74, 6) is 1.20. The van der Waals surface area contributed by atoms with E-state index in [1.165, 1.54) is 6.07 Å². The number of nitrogens with one attached hydrogen (secondary N) is 2. The monoisotopic (exact) mass is 486 g/mol. The molecule has 5 rings (SSSR count). The van der Waals surface area contributed by atoms with Crippen molar-refractivity contribution in [1.82, 2.24) is 14.5 Å². The number of imidazole rings is 1. The molecule has 0 atom stereocenters. The predicted octanol–water partition coefficient (Wildman–Crippen LogP) is 3.79. The average molecular weight is 487 g/mol. The van der Waals surface area contributed by atoms with Gasteiger partial charge in [0.1, 0.15) is 28.9 Å². The molecule has 176 valence electrons. The quantitative estimate of drug-likeness (QED) is 0.237. The Morgan fingerprint density at radius 2 is 1.89 bits per heavy atom. The smallest absolute Gasteiger partial charge is 0.264 e. The van der Waals surface area contributed by atoms with Crippen LogP contribution >= 0.6 is 0 Å². The number of nitrogens with zero attached hydrogens (tertiary/aromatic N) is 3. The summed E-state index contributed by atoms with van der Waals surface area (Å²) in [6, 6.07) is 20.8. The number of nitrogens with two attached hydrogens (primary N) is 1. The van der Waals surface area contributed by atoms with Crippen LogP contribution in [0.2, 0.25) is 0 Å². The normalized spacial score (nSPS) is 11.6. The van der Waals surface area contributed by atoms with Crippen molar-refractivity contribution in [3.05, 3.63) is 90.4 Å². The molecule has 0 saturated carbocycles. The first-order valence-corrected chi connectivity index (χ1v) is 12.2. The molecule has 2 heterocycles. The van der Waals surface area contributed by atoms with Crippen molar-refractivity contribution in [2.75, 3.05) is 4.72 Å². The second kappa shape index (κ2) is 8.73. The molecule has 35 heavy (non-hydrogen) atoms. The summed E-state index contributed by atoms with van der Waals surface area (Å²) >= 11 is 0. The van der Waals surface area contributed by atoms with Crippen molar-refractivity contribution in [2.24, 2.45) is 12.8 Å².